The maximum Gasteiger partial charge on any atom is 0.224 e. The molecule has 2 aromatic rings. The van der Waals surface area contributed by atoms with Crippen LogP contribution in [0.5, 0.6) is 0 Å². The van der Waals surface area contributed by atoms with Crippen molar-refractivity contribution in [2.75, 3.05) is 23.7 Å². The Bertz CT molecular complexity index is 697. The zero-order valence-electron chi connectivity index (χ0n) is 14.3. The zero-order chi connectivity index (χ0) is 16.7. The van der Waals surface area contributed by atoms with Crippen molar-refractivity contribution < 1.29 is 0 Å². The molecule has 4 heterocycles. The van der Waals surface area contributed by atoms with Crippen molar-refractivity contribution in [3.8, 4) is 5.82 Å². The van der Waals surface area contributed by atoms with Crippen molar-refractivity contribution in [2.24, 2.45) is 0 Å². The summed E-state index contributed by atoms with van der Waals surface area (Å²) in [7, 11) is 0. The molecule has 2 saturated heterocycles. The van der Waals surface area contributed by atoms with E-state index in [1.54, 1.807) is 10.9 Å². The average Bonchev–Trinajstić information content (AvgIpc) is 3.14. The number of hydrogen-bond donors (Lipinski definition) is 1. The highest BCUT2D eigenvalue weighted by Gasteiger charge is 2.38. The second kappa shape index (κ2) is 6.05. The fourth-order valence-electron chi connectivity index (χ4n) is 4.29. The predicted octanol–water partition coefficient (Wildman–Crippen LogP) is 1.70. The Morgan fingerprint density at radius 2 is 1.92 bits per heavy atom. The van der Waals surface area contributed by atoms with Crippen LogP contribution < -0.4 is 10.6 Å². The van der Waals surface area contributed by atoms with Crippen molar-refractivity contribution in [1.29, 1.82) is 0 Å². The van der Waals surface area contributed by atoms with E-state index in [1.807, 2.05) is 18.3 Å². The largest absolute Gasteiger partial charge is 0.368 e. The van der Waals surface area contributed by atoms with Crippen LogP contribution in [0.4, 0.5) is 11.8 Å². The molecule has 128 valence electrons. The third-order valence-electron chi connectivity index (χ3n) is 5.22. The number of aromatic nitrogens is 4. The number of fused-ring (bicyclic) bond motifs is 2. The molecule has 24 heavy (non-hydrogen) atoms. The molecule has 2 unspecified atom stereocenters. The summed E-state index contributed by atoms with van der Waals surface area (Å²) in [5.74, 6) is 1.93. The van der Waals surface area contributed by atoms with Gasteiger partial charge in [-0.1, -0.05) is 0 Å². The van der Waals surface area contributed by atoms with Gasteiger partial charge in [-0.25, -0.2) is 4.68 Å². The van der Waals surface area contributed by atoms with Crippen molar-refractivity contribution in [3.05, 3.63) is 24.5 Å². The van der Waals surface area contributed by atoms with Gasteiger partial charge in [0.25, 0.3) is 0 Å². The highest BCUT2D eigenvalue weighted by Crippen LogP contribution is 2.33. The van der Waals surface area contributed by atoms with E-state index in [0.29, 0.717) is 24.1 Å². The molecular weight excluding hydrogens is 302 g/mol. The number of anilines is 2. The highest BCUT2D eigenvalue weighted by molar-refractivity contribution is 5.48. The van der Waals surface area contributed by atoms with Crippen molar-refractivity contribution in [1.82, 2.24) is 24.6 Å². The van der Waals surface area contributed by atoms with Gasteiger partial charge in [0.1, 0.15) is 5.82 Å². The molecule has 7 heteroatoms. The number of nitrogens with two attached hydrogens (primary N) is 1. The molecule has 0 aliphatic carbocycles. The average molecular weight is 327 g/mol. The standard InChI is InChI=1S/C17H25N7/c1-12(2)24-13-4-5-14(24)11-22(9-6-13)15-10-16(21-17(18)20-15)23-8-3-7-19-23/h3,7-8,10,12-14H,4-6,9,11H2,1-2H3,(H2,18,20,21). The first kappa shape index (κ1) is 15.4. The summed E-state index contributed by atoms with van der Waals surface area (Å²) >= 11 is 0. The van der Waals surface area contributed by atoms with Gasteiger partial charge in [0, 0.05) is 49.7 Å². The van der Waals surface area contributed by atoms with Gasteiger partial charge in [-0.15, -0.1) is 0 Å². The lowest BCUT2D eigenvalue weighted by Gasteiger charge is -2.32. The lowest BCUT2D eigenvalue weighted by Crippen LogP contribution is -2.43. The molecular formula is C17H25N7. The van der Waals surface area contributed by atoms with Crippen LogP contribution in [0.2, 0.25) is 0 Å². The van der Waals surface area contributed by atoms with Gasteiger partial charge in [-0.2, -0.15) is 15.1 Å². The number of hydrogen-bond acceptors (Lipinski definition) is 6. The topological polar surface area (TPSA) is 76.1 Å². The van der Waals surface area contributed by atoms with Gasteiger partial charge in [0.2, 0.25) is 5.95 Å². The van der Waals surface area contributed by atoms with E-state index in [9.17, 15) is 0 Å². The minimum Gasteiger partial charge on any atom is -0.368 e. The first-order chi connectivity index (χ1) is 11.6. The first-order valence-electron chi connectivity index (χ1n) is 8.79. The Morgan fingerprint density at radius 1 is 1.12 bits per heavy atom. The van der Waals surface area contributed by atoms with Crippen LogP contribution in [0.15, 0.2) is 24.5 Å². The highest BCUT2D eigenvalue weighted by atomic mass is 15.3. The molecule has 4 rings (SSSR count). The Labute approximate surface area is 142 Å². The van der Waals surface area contributed by atoms with Crippen molar-refractivity contribution in [3.63, 3.8) is 0 Å². The van der Waals surface area contributed by atoms with E-state index in [0.717, 1.165) is 24.7 Å². The summed E-state index contributed by atoms with van der Waals surface area (Å²) in [4.78, 5) is 13.9. The Balaban J connectivity index is 1.62. The van der Waals surface area contributed by atoms with E-state index >= 15 is 0 Å². The molecule has 0 saturated carbocycles. The first-order valence-corrected chi connectivity index (χ1v) is 8.79. The van der Waals surface area contributed by atoms with E-state index < -0.39 is 0 Å². The van der Waals surface area contributed by atoms with Crippen LogP contribution in [0.1, 0.15) is 33.1 Å². The predicted molar refractivity (Wildman–Crippen MR) is 94.2 cm³/mol. The molecule has 2 fully saturated rings. The van der Waals surface area contributed by atoms with E-state index in [1.165, 1.54) is 19.3 Å². The lowest BCUT2D eigenvalue weighted by molar-refractivity contribution is 0.158. The normalized spacial score (nSPS) is 24.5. The molecule has 2 aliphatic heterocycles. The maximum absolute atomic E-state index is 5.96. The smallest absolute Gasteiger partial charge is 0.224 e. The second-order valence-electron chi connectivity index (χ2n) is 7.05. The maximum atomic E-state index is 5.96. The molecule has 2 bridgehead atoms. The van der Waals surface area contributed by atoms with Crippen molar-refractivity contribution >= 4 is 11.8 Å². The molecule has 0 aromatic carbocycles. The minimum atomic E-state index is 0.299. The Morgan fingerprint density at radius 3 is 2.67 bits per heavy atom. The van der Waals surface area contributed by atoms with Crippen LogP contribution in [0, 0.1) is 0 Å². The molecule has 0 radical (unpaired) electrons. The lowest BCUT2D eigenvalue weighted by atomic mass is 10.1. The molecule has 7 nitrogen and oxygen atoms in total. The Kier molecular flexibility index (Phi) is 3.88. The summed E-state index contributed by atoms with van der Waals surface area (Å²) in [6.07, 6.45) is 7.38. The van der Waals surface area contributed by atoms with Crippen LogP contribution in [0.25, 0.3) is 5.82 Å². The van der Waals surface area contributed by atoms with Crippen LogP contribution in [0.3, 0.4) is 0 Å². The third-order valence-corrected chi connectivity index (χ3v) is 5.22. The minimum absolute atomic E-state index is 0.299. The summed E-state index contributed by atoms with van der Waals surface area (Å²) in [5, 5.41) is 4.25. The fourth-order valence-corrected chi connectivity index (χ4v) is 4.29. The molecule has 2 atom stereocenters. The van der Waals surface area contributed by atoms with Crippen LogP contribution >= 0.6 is 0 Å². The van der Waals surface area contributed by atoms with Gasteiger partial charge in [0.15, 0.2) is 5.82 Å². The molecule has 2 aromatic heterocycles. The van der Waals surface area contributed by atoms with Gasteiger partial charge in [-0.3, -0.25) is 4.90 Å². The number of nitrogens with zero attached hydrogens (tertiary/aromatic N) is 6. The van der Waals surface area contributed by atoms with Crippen LogP contribution in [-0.4, -0.2) is 55.9 Å². The quantitative estimate of drug-likeness (QED) is 0.924. The van der Waals surface area contributed by atoms with E-state index in [2.05, 4.69) is 38.7 Å². The van der Waals surface area contributed by atoms with Gasteiger partial charge in [-0.05, 0) is 39.2 Å². The zero-order valence-corrected chi connectivity index (χ0v) is 14.3. The summed E-state index contributed by atoms with van der Waals surface area (Å²) in [5.41, 5.74) is 5.96. The summed E-state index contributed by atoms with van der Waals surface area (Å²) < 4.78 is 1.73. The third kappa shape index (κ3) is 2.73. The van der Waals surface area contributed by atoms with Gasteiger partial charge < -0.3 is 10.6 Å². The van der Waals surface area contributed by atoms with Gasteiger partial charge >= 0.3 is 0 Å². The monoisotopic (exact) mass is 327 g/mol. The van der Waals surface area contributed by atoms with E-state index in [-0.39, 0.29) is 0 Å². The molecule has 0 amide bonds. The molecule has 0 spiro atoms. The SMILES string of the molecule is CC(C)N1C2CCC1CN(c1cc(-n3cccn3)nc(N)n1)CC2. The van der Waals surface area contributed by atoms with E-state index in [4.69, 9.17) is 5.73 Å². The Hall–Kier alpha value is -2.15. The van der Waals surface area contributed by atoms with Crippen LogP contribution in [-0.2, 0) is 0 Å². The van der Waals surface area contributed by atoms with Crippen molar-refractivity contribution in [2.45, 2.75) is 51.2 Å². The van der Waals surface area contributed by atoms with Gasteiger partial charge in [0.05, 0.1) is 0 Å². The molecule has 2 aliphatic rings. The number of rotatable bonds is 3. The second-order valence-corrected chi connectivity index (χ2v) is 7.05. The number of nitrogen functional groups attached to an aromatic ring is 1. The molecule has 2 N–H and O–H groups in total. The summed E-state index contributed by atoms with van der Waals surface area (Å²) in [6, 6.07) is 5.76. The summed E-state index contributed by atoms with van der Waals surface area (Å²) in [6.45, 7) is 6.63. The fraction of sp³-hybridized carbons (Fsp3) is 0.588.